The molecule has 10 heteroatoms. The van der Waals surface area contributed by atoms with Gasteiger partial charge in [0.15, 0.2) is 0 Å². The van der Waals surface area contributed by atoms with Crippen LogP contribution in [0.1, 0.15) is 31.9 Å². The van der Waals surface area contributed by atoms with Gasteiger partial charge in [0, 0.05) is 30.4 Å². The number of carbonyl (C=O) groups is 1. The molecule has 1 aromatic heterocycles. The van der Waals surface area contributed by atoms with Gasteiger partial charge in [-0.25, -0.2) is 22.5 Å². The molecule has 2 aromatic rings. The van der Waals surface area contributed by atoms with Crippen molar-refractivity contribution < 1.29 is 23.2 Å². The third-order valence-corrected chi connectivity index (χ3v) is 6.57. The van der Waals surface area contributed by atoms with Crippen molar-refractivity contribution in [3.63, 3.8) is 0 Å². The molecule has 158 valence electrons. The highest BCUT2D eigenvalue weighted by molar-refractivity contribution is 7.92. The molecule has 1 aliphatic rings. The minimum atomic E-state index is -3.93. The van der Waals surface area contributed by atoms with Crippen LogP contribution >= 0.6 is 0 Å². The van der Waals surface area contributed by atoms with Gasteiger partial charge in [-0.05, 0) is 47.2 Å². The van der Waals surface area contributed by atoms with Crippen LogP contribution in [-0.2, 0) is 21.2 Å². The fourth-order valence-corrected chi connectivity index (χ4v) is 4.66. The molecule has 0 unspecified atom stereocenters. The Labute approximate surface area is 173 Å². The van der Waals surface area contributed by atoms with Crippen molar-refractivity contribution >= 4 is 33.6 Å². The van der Waals surface area contributed by atoms with Crippen molar-refractivity contribution in [1.29, 1.82) is 0 Å². The monoisotopic (exact) mass is 431 g/mol. The summed E-state index contributed by atoms with van der Waals surface area (Å²) in [5.41, 5.74) is 0.718. The van der Waals surface area contributed by atoms with Gasteiger partial charge in [-0.15, -0.1) is 0 Å². The van der Waals surface area contributed by atoms with E-state index in [0.717, 1.165) is 12.1 Å². The first-order valence-corrected chi connectivity index (χ1v) is 10.6. The van der Waals surface area contributed by atoms with E-state index in [4.69, 9.17) is 0 Å². The normalized spacial score (nSPS) is 14.5. The summed E-state index contributed by atoms with van der Waals surface area (Å²) in [4.78, 5) is 26.0. The van der Waals surface area contributed by atoms with Gasteiger partial charge >= 0.3 is 5.97 Å². The number of carboxylic acids is 1. The van der Waals surface area contributed by atoms with Gasteiger partial charge in [-0.2, -0.15) is 0 Å². The van der Waals surface area contributed by atoms with Crippen molar-refractivity contribution in [3.8, 4) is 0 Å². The lowest BCUT2D eigenvalue weighted by atomic mass is 9.85. The zero-order valence-electron chi connectivity index (χ0n) is 16.7. The number of aliphatic carboxylic acids is 1. The Morgan fingerprint density at radius 1 is 1.27 bits per heavy atom. The Morgan fingerprint density at radius 3 is 2.43 bits per heavy atom. The molecule has 0 saturated carbocycles. The van der Waals surface area contributed by atoms with Crippen molar-refractivity contribution in [1.82, 2.24) is 4.98 Å². The number of anilines is 1. The van der Waals surface area contributed by atoms with Gasteiger partial charge in [-0.1, -0.05) is 20.8 Å². The van der Waals surface area contributed by atoms with E-state index >= 15 is 0 Å². The van der Waals surface area contributed by atoms with Crippen LogP contribution in [-0.4, -0.2) is 35.9 Å². The summed E-state index contributed by atoms with van der Waals surface area (Å²) in [5, 5.41) is 20.3. The molecule has 0 fully saturated rings. The van der Waals surface area contributed by atoms with E-state index < -0.39 is 26.3 Å². The first-order chi connectivity index (χ1) is 13.9. The lowest BCUT2D eigenvalue weighted by molar-refractivity contribution is -0.384. The number of benzene rings is 1. The third-order valence-electron chi connectivity index (χ3n) is 4.77. The number of nitro benzene ring substituents is 1. The molecular formula is C20H21N3O6S. The Hall–Kier alpha value is -3.27. The van der Waals surface area contributed by atoms with Crippen molar-refractivity contribution in [2.75, 3.05) is 10.8 Å². The summed E-state index contributed by atoms with van der Waals surface area (Å²) in [6.45, 7) is 5.57. The number of non-ortho nitro benzene ring substituents is 1. The van der Waals surface area contributed by atoms with Crippen LogP contribution in [0.15, 0.2) is 47.0 Å². The second-order valence-electron chi connectivity index (χ2n) is 7.94. The number of rotatable bonds is 5. The number of pyridine rings is 1. The summed E-state index contributed by atoms with van der Waals surface area (Å²) in [6, 6.07) is 6.43. The Morgan fingerprint density at radius 2 is 1.90 bits per heavy atom. The number of hydrogen-bond acceptors (Lipinski definition) is 6. The minimum absolute atomic E-state index is 0.0624. The molecule has 3 rings (SSSR count). The van der Waals surface area contributed by atoms with E-state index in [9.17, 15) is 28.4 Å². The first kappa shape index (κ1) is 21.4. The van der Waals surface area contributed by atoms with Crippen LogP contribution in [0.3, 0.4) is 0 Å². The number of aromatic nitrogens is 1. The molecule has 1 aliphatic heterocycles. The predicted octanol–water partition coefficient (Wildman–Crippen LogP) is 3.26. The van der Waals surface area contributed by atoms with Gasteiger partial charge in [-0.3, -0.25) is 10.1 Å². The predicted molar refractivity (Wildman–Crippen MR) is 111 cm³/mol. The summed E-state index contributed by atoms with van der Waals surface area (Å²) in [6.07, 6.45) is 3.41. The summed E-state index contributed by atoms with van der Waals surface area (Å²) in [5.74, 6) is -0.747. The first-order valence-electron chi connectivity index (χ1n) is 9.13. The Bertz CT molecular complexity index is 1150. The van der Waals surface area contributed by atoms with Gasteiger partial charge in [0.05, 0.1) is 9.82 Å². The van der Waals surface area contributed by atoms with Gasteiger partial charge < -0.3 is 5.11 Å². The average Bonchev–Trinajstić information content (AvgIpc) is 3.09. The standard InChI is InChI=1S/C20H21N3O6S/c1-20(2,3)17(19(24)25)11-13-10-14-8-9-22(18(14)21-12-13)30(28,29)16-6-4-15(5-7-16)23(26)27/h4-7,10-12H,8-9H2,1-3H3,(H,24,25)/b17-11-. The third kappa shape index (κ3) is 4.04. The van der Waals surface area contributed by atoms with Crippen molar-refractivity contribution in [2.24, 2.45) is 5.41 Å². The van der Waals surface area contributed by atoms with Crippen molar-refractivity contribution in [2.45, 2.75) is 32.1 Å². The highest BCUT2D eigenvalue weighted by Gasteiger charge is 2.32. The average molecular weight is 431 g/mol. The van der Waals surface area contributed by atoms with Crippen LogP contribution in [0.25, 0.3) is 6.08 Å². The second-order valence-corrected chi connectivity index (χ2v) is 9.81. The maximum absolute atomic E-state index is 13.0. The quantitative estimate of drug-likeness (QED) is 0.437. The molecule has 1 N–H and O–H groups in total. The van der Waals surface area contributed by atoms with E-state index in [1.807, 2.05) is 0 Å². The molecule has 0 spiro atoms. The fourth-order valence-electron chi connectivity index (χ4n) is 3.20. The van der Waals surface area contributed by atoms with E-state index in [2.05, 4.69) is 4.98 Å². The van der Waals surface area contributed by atoms with E-state index in [0.29, 0.717) is 17.5 Å². The SMILES string of the molecule is CC(C)(C)/C(=C\c1cnc2c(c1)CCN2S(=O)(=O)c1ccc([N+](=O)[O-])cc1)C(=O)O. The molecule has 2 heterocycles. The molecule has 30 heavy (non-hydrogen) atoms. The second kappa shape index (κ2) is 7.52. The molecule has 0 radical (unpaired) electrons. The highest BCUT2D eigenvalue weighted by atomic mass is 32.2. The summed E-state index contributed by atoms with van der Waals surface area (Å²) < 4.78 is 27.1. The van der Waals surface area contributed by atoms with Crippen molar-refractivity contribution in [3.05, 3.63) is 63.3 Å². The number of hydrogen-bond donors (Lipinski definition) is 1. The maximum Gasteiger partial charge on any atom is 0.332 e. The fraction of sp³-hybridized carbons (Fsp3) is 0.300. The van der Waals surface area contributed by atoms with Gasteiger partial charge in [0.2, 0.25) is 0 Å². The number of fused-ring (bicyclic) bond motifs is 1. The molecule has 9 nitrogen and oxygen atoms in total. The van der Waals surface area contributed by atoms with Crippen LogP contribution < -0.4 is 4.31 Å². The number of carboxylic acid groups (broad SMARTS) is 1. The zero-order chi connectivity index (χ0) is 22.3. The molecular weight excluding hydrogens is 410 g/mol. The van der Waals surface area contributed by atoms with E-state index in [-0.39, 0.29) is 28.5 Å². The topological polar surface area (TPSA) is 131 Å². The molecule has 0 atom stereocenters. The number of sulfonamides is 1. The van der Waals surface area contributed by atoms with Gasteiger partial charge in [0.25, 0.3) is 15.7 Å². The lowest BCUT2D eigenvalue weighted by Gasteiger charge is -2.20. The molecule has 0 saturated heterocycles. The Balaban J connectivity index is 1.95. The molecule has 0 aliphatic carbocycles. The van der Waals surface area contributed by atoms with Crippen LogP contribution in [0.4, 0.5) is 11.5 Å². The highest BCUT2D eigenvalue weighted by Crippen LogP contribution is 2.33. The lowest BCUT2D eigenvalue weighted by Crippen LogP contribution is -2.29. The largest absolute Gasteiger partial charge is 0.478 e. The van der Waals surface area contributed by atoms with E-state index in [1.165, 1.54) is 22.6 Å². The van der Waals surface area contributed by atoms with Crippen LogP contribution in [0.5, 0.6) is 0 Å². The van der Waals surface area contributed by atoms with Crippen LogP contribution in [0.2, 0.25) is 0 Å². The zero-order valence-corrected chi connectivity index (χ0v) is 17.5. The number of nitrogens with zero attached hydrogens (tertiary/aromatic N) is 3. The smallest absolute Gasteiger partial charge is 0.332 e. The maximum atomic E-state index is 13.0. The van der Waals surface area contributed by atoms with E-state index in [1.54, 1.807) is 32.9 Å². The summed E-state index contributed by atoms with van der Waals surface area (Å²) >= 11 is 0. The molecule has 0 bridgehead atoms. The Kier molecular flexibility index (Phi) is 5.38. The summed E-state index contributed by atoms with van der Waals surface area (Å²) in [7, 11) is -3.93. The van der Waals surface area contributed by atoms with Crippen LogP contribution in [0, 0.1) is 15.5 Å². The number of nitro groups is 1. The molecule has 1 aromatic carbocycles. The van der Waals surface area contributed by atoms with Gasteiger partial charge in [0.1, 0.15) is 5.82 Å². The minimum Gasteiger partial charge on any atom is -0.478 e. The molecule has 0 amide bonds.